The van der Waals surface area contributed by atoms with Gasteiger partial charge in [0.05, 0.1) is 11.9 Å². The van der Waals surface area contributed by atoms with Crippen LogP contribution in [0.4, 0.5) is 5.69 Å². The highest BCUT2D eigenvalue weighted by atomic mass is 79.9. The van der Waals surface area contributed by atoms with E-state index in [0.717, 1.165) is 16.3 Å². The number of hydrogen-bond donors (Lipinski definition) is 1. The fourth-order valence-electron chi connectivity index (χ4n) is 3.48. The van der Waals surface area contributed by atoms with Crippen LogP contribution in [0.2, 0.25) is 5.02 Å². The number of carbonyl (C=O) groups is 2. The molecule has 0 aromatic heterocycles. The number of carbonyl (C=O) groups excluding carboxylic acids is 2. The van der Waals surface area contributed by atoms with Gasteiger partial charge < -0.3 is 10.2 Å². The van der Waals surface area contributed by atoms with E-state index in [9.17, 15) is 18.0 Å². The fraction of sp³-hybridized carbons (Fsp3) is 0.440. The number of benzene rings is 2. The Balaban J connectivity index is 2.18. The van der Waals surface area contributed by atoms with Gasteiger partial charge in [-0.15, -0.1) is 0 Å². The highest BCUT2D eigenvalue weighted by Gasteiger charge is 2.28. The number of halogens is 2. The van der Waals surface area contributed by atoms with E-state index in [-0.39, 0.29) is 37.7 Å². The predicted molar refractivity (Wildman–Crippen MR) is 145 cm³/mol. The summed E-state index contributed by atoms with van der Waals surface area (Å²) in [5.41, 5.74) is 0.885. The van der Waals surface area contributed by atoms with Crippen molar-refractivity contribution in [3.63, 3.8) is 0 Å². The quantitative estimate of drug-likeness (QED) is 0.425. The van der Waals surface area contributed by atoms with Crippen molar-refractivity contribution in [1.29, 1.82) is 0 Å². The lowest BCUT2D eigenvalue weighted by Crippen LogP contribution is -2.52. The molecule has 0 heterocycles. The fourth-order valence-corrected chi connectivity index (χ4v) is 4.88. The van der Waals surface area contributed by atoms with Crippen LogP contribution in [0.1, 0.15) is 46.1 Å². The normalized spacial score (nSPS) is 12.7. The summed E-state index contributed by atoms with van der Waals surface area (Å²) in [6.45, 7) is 7.72. The minimum atomic E-state index is -3.57. The molecular formula is C25H33BrClN3O4S. The van der Waals surface area contributed by atoms with Crippen LogP contribution < -0.4 is 9.62 Å². The molecule has 2 aromatic carbocycles. The molecule has 0 radical (unpaired) electrons. The first kappa shape index (κ1) is 29.1. The van der Waals surface area contributed by atoms with Gasteiger partial charge in [-0.25, -0.2) is 8.42 Å². The number of nitrogens with zero attached hydrogens (tertiary/aromatic N) is 2. The third-order valence-electron chi connectivity index (χ3n) is 5.18. The van der Waals surface area contributed by atoms with Crippen LogP contribution >= 0.6 is 27.5 Å². The Labute approximate surface area is 222 Å². The van der Waals surface area contributed by atoms with Crippen LogP contribution in [0.3, 0.4) is 0 Å². The molecule has 2 aromatic rings. The number of nitrogens with one attached hydrogen (secondary N) is 1. The molecule has 35 heavy (non-hydrogen) atoms. The van der Waals surface area contributed by atoms with Gasteiger partial charge in [-0.05, 0) is 70.0 Å². The highest BCUT2D eigenvalue weighted by molar-refractivity contribution is 9.10. The van der Waals surface area contributed by atoms with E-state index < -0.39 is 21.6 Å². The molecule has 1 unspecified atom stereocenters. The second-order valence-electron chi connectivity index (χ2n) is 9.48. The smallest absolute Gasteiger partial charge is 0.242 e. The summed E-state index contributed by atoms with van der Waals surface area (Å²) in [4.78, 5) is 27.7. The topological polar surface area (TPSA) is 86.8 Å². The Morgan fingerprint density at radius 2 is 1.74 bits per heavy atom. The van der Waals surface area contributed by atoms with Crippen LogP contribution in [-0.2, 0) is 26.2 Å². The monoisotopic (exact) mass is 585 g/mol. The van der Waals surface area contributed by atoms with Crippen molar-refractivity contribution in [3.8, 4) is 0 Å². The maximum Gasteiger partial charge on any atom is 0.242 e. The van der Waals surface area contributed by atoms with Crippen LogP contribution in [0, 0.1) is 0 Å². The molecule has 2 amide bonds. The molecule has 192 valence electrons. The number of hydrogen-bond acceptors (Lipinski definition) is 4. The molecule has 0 aliphatic carbocycles. The molecule has 10 heteroatoms. The lowest BCUT2D eigenvalue weighted by molar-refractivity contribution is -0.141. The van der Waals surface area contributed by atoms with Gasteiger partial charge in [0.1, 0.15) is 6.04 Å². The van der Waals surface area contributed by atoms with Crippen molar-refractivity contribution in [2.75, 3.05) is 17.1 Å². The van der Waals surface area contributed by atoms with Crippen LogP contribution in [0.25, 0.3) is 0 Å². The second-order valence-corrected chi connectivity index (χ2v) is 12.7. The largest absolute Gasteiger partial charge is 0.350 e. The van der Waals surface area contributed by atoms with Gasteiger partial charge in [0.2, 0.25) is 21.8 Å². The Bertz CT molecular complexity index is 1130. The Kier molecular flexibility index (Phi) is 10.2. The van der Waals surface area contributed by atoms with E-state index in [1.165, 1.54) is 9.21 Å². The summed E-state index contributed by atoms with van der Waals surface area (Å²) in [7, 11) is -3.57. The maximum absolute atomic E-state index is 13.3. The second kappa shape index (κ2) is 12.2. The van der Waals surface area contributed by atoms with Gasteiger partial charge >= 0.3 is 0 Å². The first-order valence-corrected chi connectivity index (χ1v) is 14.3. The number of sulfonamides is 1. The molecule has 0 aliphatic heterocycles. The van der Waals surface area contributed by atoms with Crippen molar-refractivity contribution in [3.05, 3.63) is 63.6 Å². The van der Waals surface area contributed by atoms with Gasteiger partial charge in [0.25, 0.3) is 0 Å². The van der Waals surface area contributed by atoms with Gasteiger partial charge in [-0.1, -0.05) is 45.7 Å². The summed E-state index contributed by atoms with van der Waals surface area (Å²) in [6, 6.07) is 13.4. The van der Waals surface area contributed by atoms with Gasteiger partial charge in [0, 0.05) is 34.5 Å². The summed E-state index contributed by atoms with van der Waals surface area (Å²) < 4.78 is 26.9. The van der Waals surface area contributed by atoms with Gasteiger partial charge in [-0.3, -0.25) is 13.9 Å². The SMILES string of the molecule is CC(C(=O)NC(C)(C)C)N(Cc1ccc(Br)cc1)C(=O)CCCN(c1cccc(Cl)c1)S(C)(=O)=O. The van der Waals surface area contributed by atoms with Crippen molar-refractivity contribution in [1.82, 2.24) is 10.2 Å². The molecule has 0 aliphatic rings. The summed E-state index contributed by atoms with van der Waals surface area (Å²) in [6.07, 6.45) is 1.48. The Morgan fingerprint density at radius 1 is 1.11 bits per heavy atom. The van der Waals surface area contributed by atoms with Gasteiger partial charge in [0.15, 0.2) is 0 Å². The molecule has 0 bridgehead atoms. The summed E-state index contributed by atoms with van der Waals surface area (Å²) >= 11 is 9.45. The molecule has 7 nitrogen and oxygen atoms in total. The van der Waals surface area contributed by atoms with Crippen LogP contribution in [0.15, 0.2) is 53.0 Å². The molecule has 0 spiro atoms. The standard InChI is InChI=1S/C25H33BrClN3O4S/c1-18(24(32)28-25(2,3)4)29(17-19-11-13-20(26)14-12-19)23(31)10-7-15-30(35(5,33)34)22-9-6-8-21(27)16-22/h6,8-9,11-14,16,18H,7,10,15,17H2,1-5H3,(H,28,32). The van der Waals surface area contributed by atoms with E-state index >= 15 is 0 Å². The van der Waals surface area contributed by atoms with E-state index in [2.05, 4.69) is 21.2 Å². The zero-order valence-corrected chi connectivity index (χ0v) is 23.9. The first-order valence-electron chi connectivity index (χ1n) is 11.3. The average molecular weight is 587 g/mol. The summed E-state index contributed by atoms with van der Waals surface area (Å²) in [5.74, 6) is -0.483. The van der Waals surface area contributed by atoms with E-state index in [1.807, 2.05) is 45.0 Å². The Hall–Kier alpha value is -2.10. The molecule has 0 saturated carbocycles. The average Bonchev–Trinajstić information content (AvgIpc) is 2.73. The van der Waals surface area contributed by atoms with Crippen molar-refractivity contribution < 1.29 is 18.0 Å². The van der Waals surface area contributed by atoms with Crippen molar-refractivity contribution >= 4 is 55.1 Å². The minimum absolute atomic E-state index is 0.0796. The summed E-state index contributed by atoms with van der Waals surface area (Å²) in [5, 5.41) is 3.35. The highest BCUT2D eigenvalue weighted by Crippen LogP contribution is 2.23. The molecule has 1 atom stereocenters. The molecule has 2 rings (SSSR count). The lowest BCUT2D eigenvalue weighted by Gasteiger charge is -2.32. The minimum Gasteiger partial charge on any atom is -0.350 e. The Morgan fingerprint density at radius 3 is 2.29 bits per heavy atom. The van der Waals surface area contributed by atoms with E-state index in [4.69, 9.17) is 11.6 Å². The third-order valence-corrected chi connectivity index (χ3v) is 7.14. The van der Waals surface area contributed by atoms with Gasteiger partial charge in [-0.2, -0.15) is 0 Å². The molecule has 0 fully saturated rings. The third kappa shape index (κ3) is 9.46. The molecule has 1 N–H and O–H groups in total. The van der Waals surface area contributed by atoms with E-state index in [1.54, 1.807) is 31.2 Å². The van der Waals surface area contributed by atoms with E-state index in [0.29, 0.717) is 10.7 Å². The number of anilines is 1. The van der Waals surface area contributed by atoms with Crippen LogP contribution in [0.5, 0.6) is 0 Å². The predicted octanol–water partition coefficient (Wildman–Crippen LogP) is 4.98. The maximum atomic E-state index is 13.3. The lowest BCUT2D eigenvalue weighted by atomic mass is 10.1. The molecule has 0 saturated heterocycles. The zero-order valence-electron chi connectivity index (χ0n) is 20.7. The number of rotatable bonds is 10. The van der Waals surface area contributed by atoms with Crippen molar-refractivity contribution in [2.24, 2.45) is 0 Å². The number of amides is 2. The van der Waals surface area contributed by atoms with Crippen LogP contribution in [-0.4, -0.2) is 49.5 Å². The van der Waals surface area contributed by atoms with Crippen molar-refractivity contribution in [2.45, 2.75) is 58.7 Å². The zero-order chi connectivity index (χ0) is 26.4. The molecular weight excluding hydrogens is 554 g/mol. The first-order chi connectivity index (χ1) is 16.2.